The second kappa shape index (κ2) is 9.81. The lowest BCUT2D eigenvalue weighted by Crippen LogP contribution is -2.41. The minimum Gasteiger partial charge on any atom is -0.380 e. The molecule has 1 atom stereocenters. The quantitative estimate of drug-likeness (QED) is 0.436. The Hall–Kier alpha value is -1.07. The molecule has 1 aromatic rings. The van der Waals surface area contributed by atoms with Gasteiger partial charge in [0.05, 0.1) is 6.61 Å². The van der Waals surface area contributed by atoms with Crippen LogP contribution in [0.25, 0.3) is 0 Å². The smallest absolute Gasteiger partial charge is 0.191 e. The van der Waals surface area contributed by atoms with Crippen LogP contribution >= 0.6 is 11.3 Å². The Bertz CT molecular complexity index is 352. The van der Waals surface area contributed by atoms with E-state index in [1.165, 1.54) is 4.88 Å². The fraction of sp³-hybridized carbons (Fsp3) is 0.643. The van der Waals surface area contributed by atoms with E-state index in [1.54, 1.807) is 7.05 Å². The minimum atomic E-state index is 0.587. The van der Waals surface area contributed by atoms with Crippen LogP contribution in [0.2, 0.25) is 0 Å². The number of hydrogen-bond acceptors (Lipinski definition) is 3. The van der Waals surface area contributed by atoms with Gasteiger partial charge in [0.2, 0.25) is 0 Å². The number of guanidine groups is 1. The molecule has 0 bridgehead atoms. The van der Waals surface area contributed by atoms with E-state index in [0.29, 0.717) is 12.5 Å². The van der Waals surface area contributed by atoms with Crippen molar-refractivity contribution in [3.05, 3.63) is 22.4 Å². The van der Waals surface area contributed by atoms with Crippen molar-refractivity contribution in [1.82, 2.24) is 10.6 Å². The Morgan fingerprint density at radius 1 is 1.47 bits per heavy atom. The second-order valence-corrected chi connectivity index (χ2v) is 5.50. The van der Waals surface area contributed by atoms with Gasteiger partial charge < -0.3 is 15.4 Å². The number of thiophene rings is 1. The lowest BCUT2D eigenvalue weighted by atomic mass is 10.1. The third-order valence-electron chi connectivity index (χ3n) is 2.71. The molecule has 0 aliphatic rings. The molecule has 1 aromatic heterocycles. The summed E-state index contributed by atoms with van der Waals surface area (Å²) >= 11 is 1.82. The highest BCUT2D eigenvalue weighted by molar-refractivity contribution is 7.09. The standard InChI is InChI=1S/C14H25N3OS/c1-4-18-8-7-16-14(15-3)17-11-12(2)10-13-6-5-9-19-13/h5-6,9,12H,4,7-8,10-11H2,1-3H3,(H2,15,16,17). The normalized spacial score (nSPS) is 13.3. The maximum Gasteiger partial charge on any atom is 0.191 e. The molecule has 0 saturated carbocycles. The molecule has 19 heavy (non-hydrogen) atoms. The third-order valence-corrected chi connectivity index (χ3v) is 3.61. The highest BCUT2D eigenvalue weighted by Gasteiger charge is 2.05. The van der Waals surface area contributed by atoms with Crippen LogP contribution in [0, 0.1) is 5.92 Å². The molecule has 0 amide bonds. The highest BCUT2D eigenvalue weighted by atomic mass is 32.1. The van der Waals surface area contributed by atoms with E-state index in [1.807, 2.05) is 18.3 Å². The Morgan fingerprint density at radius 2 is 2.32 bits per heavy atom. The predicted octanol–water partition coefficient (Wildman–Crippen LogP) is 2.13. The summed E-state index contributed by atoms with van der Waals surface area (Å²) in [6.45, 7) is 7.42. The van der Waals surface area contributed by atoms with Crippen LogP contribution in [0.4, 0.5) is 0 Å². The maximum absolute atomic E-state index is 5.28. The second-order valence-electron chi connectivity index (χ2n) is 4.47. The molecule has 0 saturated heterocycles. The van der Waals surface area contributed by atoms with Crippen LogP contribution in [0.3, 0.4) is 0 Å². The van der Waals surface area contributed by atoms with Gasteiger partial charge in [-0.15, -0.1) is 11.3 Å². The molecule has 1 unspecified atom stereocenters. The summed E-state index contributed by atoms with van der Waals surface area (Å²) in [5, 5.41) is 8.71. The summed E-state index contributed by atoms with van der Waals surface area (Å²) < 4.78 is 5.28. The molecule has 0 spiro atoms. The van der Waals surface area contributed by atoms with Crippen molar-refractivity contribution in [2.45, 2.75) is 20.3 Å². The van der Waals surface area contributed by atoms with E-state index in [0.717, 1.165) is 32.1 Å². The van der Waals surface area contributed by atoms with Gasteiger partial charge in [-0.25, -0.2) is 0 Å². The van der Waals surface area contributed by atoms with Gasteiger partial charge >= 0.3 is 0 Å². The molecule has 0 aliphatic heterocycles. The van der Waals surface area contributed by atoms with Gasteiger partial charge in [0, 0.05) is 31.6 Å². The summed E-state index contributed by atoms with van der Waals surface area (Å²) in [5.74, 6) is 1.43. The van der Waals surface area contributed by atoms with Crippen molar-refractivity contribution in [2.75, 3.05) is 33.4 Å². The van der Waals surface area contributed by atoms with Crippen molar-refractivity contribution in [2.24, 2.45) is 10.9 Å². The average molecular weight is 283 g/mol. The van der Waals surface area contributed by atoms with Crippen molar-refractivity contribution >= 4 is 17.3 Å². The van der Waals surface area contributed by atoms with Gasteiger partial charge in [0.1, 0.15) is 0 Å². The molecule has 2 N–H and O–H groups in total. The van der Waals surface area contributed by atoms with Crippen LogP contribution in [-0.4, -0.2) is 39.3 Å². The first-order chi connectivity index (χ1) is 9.26. The topological polar surface area (TPSA) is 45.6 Å². The molecule has 1 rings (SSSR count). The third kappa shape index (κ3) is 7.18. The van der Waals surface area contributed by atoms with Crippen molar-refractivity contribution in [3.63, 3.8) is 0 Å². The Morgan fingerprint density at radius 3 is 2.95 bits per heavy atom. The van der Waals surface area contributed by atoms with Crippen molar-refractivity contribution in [1.29, 1.82) is 0 Å². The Kier molecular flexibility index (Phi) is 8.25. The number of rotatable bonds is 8. The van der Waals surface area contributed by atoms with Gasteiger partial charge in [0.25, 0.3) is 0 Å². The van der Waals surface area contributed by atoms with Crippen LogP contribution in [0.1, 0.15) is 18.7 Å². The molecular formula is C14H25N3OS. The van der Waals surface area contributed by atoms with Crippen LogP contribution in [0.15, 0.2) is 22.5 Å². The van der Waals surface area contributed by atoms with Gasteiger partial charge in [-0.05, 0) is 30.7 Å². The molecule has 108 valence electrons. The fourth-order valence-corrected chi connectivity index (χ4v) is 2.59. The molecule has 5 heteroatoms. The van der Waals surface area contributed by atoms with Gasteiger partial charge in [-0.1, -0.05) is 13.0 Å². The van der Waals surface area contributed by atoms with Crippen molar-refractivity contribution in [3.8, 4) is 0 Å². The first kappa shape index (κ1) is 16.0. The first-order valence-corrected chi connectivity index (χ1v) is 7.68. The zero-order valence-electron chi connectivity index (χ0n) is 12.1. The Labute approximate surface area is 120 Å². The summed E-state index contributed by atoms with van der Waals surface area (Å²) in [6, 6.07) is 4.30. The fourth-order valence-electron chi connectivity index (χ4n) is 1.72. The number of nitrogens with one attached hydrogen (secondary N) is 2. The lowest BCUT2D eigenvalue weighted by Gasteiger charge is -2.15. The molecule has 0 aliphatic carbocycles. The summed E-state index contributed by atoms with van der Waals surface area (Å²) in [4.78, 5) is 5.63. The zero-order chi connectivity index (χ0) is 13.9. The zero-order valence-corrected chi connectivity index (χ0v) is 12.9. The summed E-state index contributed by atoms with van der Waals surface area (Å²) in [7, 11) is 1.79. The maximum atomic E-state index is 5.28. The van der Waals surface area contributed by atoms with Gasteiger partial charge in [-0.2, -0.15) is 0 Å². The molecular weight excluding hydrogens is 258 g/mol. The largest absolute Gasteiger partial charge is 0.380 e. The van der Waals surface area contributed by atoms with E-state index < -0.39 is 0 Å². The molecule has 0 radical (unpaired) electrons. The van der Waals surface area contributed by atoms with E-state index in [2.05, 4.69) is 40.1 Å². The van der Waals surface area contributed by atoms with Crippen molar-refractivity contribution < 1.29 is 4.74 Å². The molecule has 4 nitrogen and oxygen atoms in total. The van der Waals surface area contributed by atoms with Gasteiger partial charge in [-0.3, -0.25) is 4.99 Å². The number of nitrogens with zero attached hydrogens (tertiary/aromatic N) is 1. The predicted molar refractivity (Wildman–Crippen MR) is 83.0 cm³/mol. The minimum absolute atomic E-state index is 0.587. The van der Waals surface area contributed by atoms with E-state index in [9.17, 15) is 0 Å². The average Bonchev–Trinajstić information content (AvgIpc) is 2.91. The Balaban J connectivity index is 2.17. The van der Waals surface area contributed by atoms with Gasteiger partial charge in [0.15, 0.2) is 5.96 Å². The van der Waals surface area contributed by atoms with Crippen LogP contribution in [0.5, 0.6) is 0 Å². The first-order valence-electron chi connectivity index (χ1n) is 6.80. The molecule has 0 fully saturated rings. The SMILES string of the molecule is CCOCCNC(=NC)NCC(C)Cc1cccs1. The molecule has 0 aromatic carbocycles. The van der Waals surface area contributed by atoms with E-state index >= 15 is 0 Å². The van der Waals surface area contributed by atoms with Crippen LogP contribution < -0.4 is 10.6 Å². The monoisotopic (exact) mass is 283 g/mol. The van der Waals surface area contributed by atoms with E-state index in [4.69, 9.17) is 4.74 Å². The van der Waals surface area contributed by atoms with Crippen LogP contribution in [-0.2, 0) is 11.2 Å². The number of ether oxygens (including phenoxy) is 1. The summed E-state index contributed by atoms with van der Waals surface area (Å²) in [5.41, 5.74) is 0. The van der Waals surface area contributed by atoms with E-state index in [-0.39, 0.29) is 0 Å². The number of hydrogen-bond donors (Lipinski definition) is 2. The number of aliphatic imine (C=N–C) groups is 1. The summed E-state index contributed by atoms with van der Waals surface area (Å²) in [6.07, 6.45) is 1.11. The lowest BCUT2D eigenvalue weighted by molar-refractivity contribution is 0.152. The highest BCUT2D eigenvalue weighted by Crippen LogP contribution is 2.13. The molecule has 1 heterocycles.